The molecule has 3 heterocycles. The molecule has 7 aromatic rings. The Hall–Kier alpha value is -4.15. The first-order chi connectivity index (χ1) is 24.6. The van der Waals surface area contributed by atoms with Crippen molar-refractivity contribution in [3.63, 3.8) is 0 Å². The normalized spacial score (nSPS) is 11.8. The van der Waals surface area contributed by atoms with Gasteiger partial charge in [-0.1, -0.05) is 133 Å². The molecule has 7 rings (SSSR count). The number of furan rings is 1. The average Bonchev–Trinajstić information content (AvgIpc) is 3.46. The van der Waals surface area contributed by atoms with Gasteiger partial charge in [0.2, 0.25) is 0 Å². The maximum atomic E-state index is 6.23. The molecule has 0 amide bonds. The van der Waals surface area contributed by atoms with Gasteiger partial charge in [-0.2, -0.15) is 0 Å². The molecule has 1 radical (unpaired) electrons. The van der Waals surface area contributed by atoms with Gasteiger partial charge in [0.1, 0.15) is 5.58 Å². The molecule has 0 unspecified atom stereocenters. The summed E-state index contributed by atoms with van der Waals surface area (Å²) in [6, 6.07) is 36.8. The van der Waals surface area contributed by atoms with Crippen molar-refractivity contribution in [2.45, 2.75) is 86.9 Å². The summed E-state index contributed by atoms with van der Waals surface area (Å²) in [4.78, 5) is 9.26. The van der Waals surface area contributed by atoms with Crippen LogP contribution in [0.15, 0.2) is 102 Å². The van der Waals surface area contributed by atoms with Crippen molar-refractivity contribution in [1.82, 2.24) is 9.97 Å². The summed E-state index contributed by atoms with van der Waals surface area (Å²) < 4.78 is 6.23. The Morgan fingerprint density at radius 1 is 0.698 bits per heavy atom. The van der Waals surface area contributed by atoms with Crippen LogP contribution in [0.25, 0.3) is 55.6 Å². The predicted molar refractivity (Wildman–Crippen MR) is 224 cm³/mol. The number of benzene rings is 4. The van der Waals surface area contributed by atoms with Crippen molar-refractivity contribution in [2.24, 2.45) is 5.92 Å². The van der Waals surface area contributed by atoms with Gasteiger partial charge in [-0.25, -0.2) is 0 Å². The summed E-state index contributed by atoms with van der Waals surface area (Å²) in [6.07, 6.45) is 5.02. The third-order valence-electron chi connectivity index (χ3n) is 9.83. The molecule has 0 aliphatic rings. The van der Waals surface area contributed by atoms with Crippen LogP contribution in [0.4, 0.5) is 0 Å². The molecule has 4 aromatic carbocycles. The van der Waals surface area contributed by atoms with E-state index in [0.717, 1.165) is 50.9 Å². The fourth-order valence-electron chi connectivity index (χ4n) is 6.74. The predicted octanol–water partition coefficient (Wildman–Crippen LogP) is 12.6. The van der Waals surface area contributed by atoms with Crippen LogP contribution in [-0.2, 0) is 31.9 Å². The molecule has 0 saturated carbocycles. The Morgan fingerprint density at radius 3 is 2.08 bits per heavy atom. The molecule has 0 bridgehead atoms. The Kier molecular flexibility index (Phi) is 12.1. The minimum Gasteiger partial charge on any atom is -0.500 e. The smallest absolute Gasteiger partial charge is 0.121 e. The van der Waals surface area contributed by atoms with E-state index in [1.165, 1.54) is 44.1 Å². The number of pyridine rings is 2. The summed E-state index contributed by atoms with van der Waals surface area (Å²) in [6.45, 7) is 24.7. The number of aromatic nitrogens is 2. The summed E-state index contributed by atoms with van der Waals surface area (Å²) >= 11 is 0. The first kappa shape index (κ1) is 40.0. The molecule has 0 atom stereocenters. The number of nitrogens with zero attached hydrogens (tertiary/aromatic N) is 2. The van der Waals surface area contributed by atoms with E-state index in [1.54, 1.807) is 0 Å². The molecule has 3 aromatic heterocycles. The summed E-state index contributed by atoms with van der Waals surface area (Å²) in [7, 11) is -1.29. The van der Waals surface area contributed by atoms with Crippen LogP contribution in [0.5, 0.6) is 0 Å². The zero-order valence-electron chi connectivity index (χ0n) is 33.2. The van der Waals surface area contributed by atoms with Gasteiger partial charge in [0.25, 0.3) is 0 Å². The van der Waals surface area contributed by atoms with Gasteiger partial charge in [-0.05, 0) is 70.1 Å². The van der Waals surface area contributed by atoms with Crippen LogP contribution >= 0.6 is 0 Å². The van der Waals surface area contributed by atoms with Crippen molar-refractivity contribution < 1.29 is 24.5 Å². The van der Waals surface area contributed by atoms with Crippen LogP contribution in [0, 0.1) is 38.8 Å². The van der Waals surface area contributed by atoms with Crippen molar-refractivity contribution >= 4 is 35.2 Å². The van der Waals surface area contributed by atoms with Crippen molar-refractivity contribution in [3.05, 3.63) is 137 Å². The minimum atomic E-state index is -1.29. The Morgan fingerprint density at radius 2 is 1.40 bits per heavy atom. The second kappa shape index (κ2) is 16.1. The van der Waals surface area contributed by atoms with Crippen LogP contribution in [0.2, 0.25) is 19.6 Å². The van der Waals surface area contributed by atoms with Crippen LogP contribution in [0.1, 0.15) is 62.4 Å². The number of hydrogen-bond donors (Lipinski definition) is 0. The second-order valence-corrected chi connectivity index (χ2v) is 21.8. The molecule has 0 N–H and O–H groups in total. The average molecular weight is 893 g/mol. The van der Waals surface area contributed by atoms with Crippen LogP contribution < -0.4 is 5.19 Å². The second-order valence-electron chi connectivity index (χ2n) is 16.8. The standard InChI is InChI=1S/C31H30NO.C17H22NSi.Ir/c1-20(2)15-21-13-14-32-28(16-21)24-10-12-29-27(18-24)26-11-9-23(19-30(26)33-29)22-7-6-8-25(17-22)31(3,4)5;1-12-7-8-15(9-13(12)2)16-10-14(3)17(11-18-16)19(4,5)6;/h6-9,11-14,16-20H,15H2,1-5H3;7,9-11H,1-6H3;/q2*-1;. The fourth-order valence-corrected chi connectivity index (χ4v) is 8.45. The molecule has 0 spiro atoms. The number of hydrogen-bond acceptors (Lipinski definition) is 3. The maximum Gasteiger partial charge on any atom is 0.121 e. The first-order valence-electron chi connectivity index (χ1n) is 18.5. The molecule has 53 heavy (non-hydrogen) atoms. The molecule has 5 heteroatoms. The minimum absolute atomic E-state index is 0. The fraction of sp³-hybridized carbons (Fsp3) is 0.292. The van der Waals surface area contributed by atoms with E-state index < -0.39 is 8.07 Å². The van der Waals surface area contributed by atoms with E-state index in [1.807, 2.05) is 18.3 Å². The van der Waals surface area contributed by atoms with E-state index in [2.05, 4.69) is 176 Å². The third-order valence-corrected chi connectivity index (χ3v) is 12.0. The number of fused-ring (bicyclic) bond motifs is 3. The molecular formula is C48H52IrN2OSi-2. The van der Waals surface area contributed by atoms with Crippen molar-refractivity contribution in [2.75, 3.05) is 0 Å². The van der Waals surface area contributed by atoms with Gasteiger partial charge in [-0.3, -0.25) is 0 Å². The van der Waals surface area contributed by atoms with Crippen molar-refractivity contribution in [3.8, 4) is 33.6 Å². The summed E-state index contributed by atoms with van der Waals surface area (Å²) in [5, 5.41) is 3.67. The molecule has 3 nitrogen and oxygen atoms in total. The molecule has 0 aliphatic carbocycles. The first-order valence-corrected chi connectivity index (χ1v) is 22.0. The third kappa shape index (κ3) is 9.33. The monoisotopic (exact) mass is 893 g/mol. The number of aryl methyl sites for hydroxylation is 3. The summed E-state index contributed by atoms with van der Waals surface area (Å²) in [5.41, 5.74) is 14.9. The Balaban J connectivity index is 0.000000232. The SMILES string of the molecule is CC(C)Cc1ccnc(-c2[c-]cc3oc4cc(-c5cccc(C(C)(C)C)c5)ccc4c3c2)c1.Cc1c[c-]c(-c2cc(C)c([Si](C)(C)C)cn2)cc1C.[Ir]. The number of rotatable bonds is 6. The molecule has 0 aliphatic heterocycles. The van der Waals surface area contributed by atoms with E-state index in [9.17, 15) is 0 Å². The van der Waals surface area contributed by atoms with Crippen LogP contribution in [-0.4, -0.2) is 18.0 Å². The Bertz CT molecular complexity index is 2380. The maximum absolute atomic E-state index is 6.23. The summed E-state index contributed by atoms with van der Waals surface area (Å²) in [5.74, 6) is 0.614. The van der Waals surface area contributed by atoms with Gasteiger partial charge in [-0.15, -0.1) is 58.7 Å². The van der Waals surface area contributed by atoms with E-state index in [4.69, 9.17) is 4.42 Å². The van der Waals surface area contributed by atoms with Gasteiger partial charge in [0, 0.05) is 37.9 Å². The van der Waals surface area contributed by atoms with E-state index in [0.29, 0.717) is 5.92 Å². The largest absolute Gasteiger partial charge is 0.500 e. The Labute approximate surface area is 331 Å². The van der Waals surface area contributed by atoms with Crippen molar-refractivity contribution in [1.29, 1.82) is 0 Å². The zero-order valence-corrected chi connectivity index (χ0v) is 36.6. The van der Waals surface area contributed by atoms with Gasteiger partial charge >= 0.3 is 0 Å². The molecule has 275 valence electrons. The molecule has 0 fully saturated rings. The van der Waals surface area contributed by atoms with Crippen LogP contribution in [0.3, 0.4) is 0 Å². The molecule has 0 saturated heterocycles. The molecular weight excluding hydrogens is 841 g/mol. The van der Waals surface area contributed by atoms with Gasteiger partial charge in [0.05, 0.1) is 13.7 Å². The van der Waals surface area contributed by atoms with Gasteiger partial charge < -0.3 is 14.4 Å². The topological polar surface area (TPSA) is 38.9 Å². The zero-order chi connectivity index (χ0) is 37.4. The van der Waals surface area contributed by atoms with E-state index >= 15 is 0 Å². The van der Waals surface area contributed by atoms with Gasteiger partial charge in [0.15, 0.2) is 0 Å². The quantitative estimate of drug-likeness (QED) is 0.123. The van der Waals surface area contributed by atoms with E-state index in [-0.39, 0.29) is 25.5 Å².